The van der Waals surface area contributed by atoms with Crippen LogP contribution in [0.4, 0.5) is 24.5 Å². The highest BCUT2D eigenvalue weighted by atomic mass is 19.4. The van der Waals surface area contributed by atoms with Crippen LogP contribution in [0.15, 0.2) is 36.4 Å². The predicted molar refractivity (Wildman–Crippen MR) is 104 cm³/mol. The highest BCUT2D eigenvalue weighted by Crippen LogP contribution is 2.35. The standard InChI is InChI=1S/C19H18F3N3O6/c1-3-31-16-9-14(25(28)29)12(8-15(16)30-2)18(27)24-13-7-5-4-6-11(13)17(26)23-10-19(20,21)22/h4-9H,3,10H2,1-2H3,(H,23,26)(H,24,27). The molecular weight excluding hydrogens is 423 g/mol. The summed E-state index contributed by atoms with van der Waals surface area (Å²) in [6.45, 7) is 0.293. The number of nitrogens with one attached hydrogen (secondary N) is 2. The van der Waals surface area contributed by atoms with Gasteiger partial charge in [-0.2, -0.15) is 13.2 Å². The van der Waals surface area contributed by atoms with Crippen LogP contribution in [-0.4, -0.2) is 43.2 Å². The number of halogens is 3. The lowest BCUT2D eigenvalue weighted by molar-refractivity contribution is -0.385. The van der Waals surface area contributed by atoms with Gasteiger partial charge in [-0.25, -0.2) is 0 Å². The fourth-order valence-electron chi connectivity index (χ4n) is 2.57. The van der Waals surface area contributed by atoms with Crippen molar-refractivity contribution in [2.75, 3.05) is 25.6 Å². The number of benzene rings is 2. The Morgan fingerprint density at radius 1 is 1.10 bits per heavy atom. The summed E-state index contributed by atoms with van der Waals surface area (Å²) in [7, 11) is 1.28. The summed E-state index contributed by atoms with van der Waals surface area (Å²) in [5.74, 6) is -1.93. The van der Waals surface area contributed by atoms with Crippen molar-refractivity contribution in [3.05, 3.63) is 57.6 Å². The minimum Gasteiger partial charge on any atom is -0.493 e. The highest BCUT2D eigenvalue weighted by molar-refractivity contribution is 6.11. The minimum atomic E-state index is -4.62. The van der Waals surface area contributed by atoms with Crippen LogP contribution in [0.25, 0.3) is 0 Å². The Hall–Kier alpha value is -3.83. The molecule has 0 aliphatic rings. The van der Waals surface area contributed by atoms with Gasteiger partial charge >= 0.3 is 6.18 Å². The van der Waals surface area contributed by atoms with Gasteiger partial charge in [0.2, 0.25) is 0 Å². The third-order valence-corrected chi connectivity index (χ3v) is 3.89. The molecule has 0 aliphatic heterocycles. The zero-order valence-corrected chi connectivity index (χ0v) is 16.4. The Morgan fingerprint density at radius 2 is 1.77 bits per heavy atom. The van der Waals surface area contributed by atoms with Gasteiger partial charge in [0.15, 0.2) is 11.5 Å². The van der Waals surface area contributed by atoms with Crippen LogP contribution in [0.3, 0.4) is 0 Å². The molecule has 0 heterocycles. The number of ether oxygens (including phenoxy) is 2. The Labute approximate surface area is 174 Å². The molecule has 0 fully saturated rings. The van der Waals surface area contributed by atoms with Gasteiger partial charge in [0.1, 0.15) is 12.1 Å². The molecule has 0 aromatic heterocycles. The van der Waals surface area contributed by atoms with Crippen LogP contribution in [0.1, 0.15) is 27.6 Å². The molecular formula is C19H18F3N3O6. The number of rotatable bonds is 8. The third-order valence-electron chi connectivity index (χ3n) is 3.89. The largest absolute Gasteiger partial charge is 0.493 e. The second kappa shape index (κ2) is 9.78. The predicted octanol–water partition coefficient (Wildman–Crippen LogP) is 3.55. The van der Waals surface area contributed by atoms with Gasteiger partial charge in [-0.15, -0.1) is 0 Å². The van der Waals surface area contributed by atoms with Crippen molar-refractivity contribution < 1.29 is 37.2 Å². The Morgan fingerprint density at radius 3 is 2.35 bits per heavy atom. The maximum atomic E-state index is 12.7. The summed E-state index contributed by atoms with van der Waals surface area (Å²) in [5.41, 5.74) is -1.36. The van der Waals surface area contributed by atoms with E-state index in [1.807, 2.05) is 0 Å². The molecule has 0 radical (unpaired) electrons. The first-order chi connectivity index (χ1) is 14.6. The lowest BCUT2D eigenvalue weighted by atomic mass is 10.1. The number of carbonyl (C=O) groups excluding carboxylic acids is 2. The summed E-state index contributed by atoms with van der Waals surface area (Å²) < 4.78 is 47.5. The summed E-state index contributed by atoms with van der Waals surface area (Å²) >= 11 is 0. The van der Waals surface area contributed by atoms with E-state index in [1.54, 1.807) is 12.2 Å². The first kappa shape index (κ1) is 23.4. The second-order valence-electron chi connectivity index (χ2n) is 6.01. The number of carbonyl (C=O) groups is 2. The van der Waals surface area contributed by atoms with E-state index in [0.717, 1.165) is 12.1 Å². The Kier molecular flexibility index (Phi) is 7.40. The van der Waals surface area contributed by atoms with Crippen molar-refractivity contribution in [3.8, 4) is 11.5 Å². The average molecular weight is 441 g/mol. The summed E-state index contributed by atoms with van der Waals surface area (Å²) in [6.07, 6.45) is -4.62. The van der Waals surface area contributed by atoms with Gasteiger partial charge < -0.3 is 20.1 Å². The van der Waals surface area contributed by atoms with Crippen LogP contribution < -0.4 is 20.1 Å². The van der Waals surface area contributed by atoms with E-state index in [2.05, 4.69) is 5.32 Å². The summed E-state index contributed by atoms with van der Waals surface area (Å²) in [4.78, 5) is 35.5. The van der Waals surface area contributed by atoms with E-state index >= 15 is 0 Å². The smallest absolute Gasteiger partial charge is 0.405 e. The number of nitrogens with zero attached hydrogens (tertiary/aromatic N) is 1. The molecule has 0 saturated heterocycles. The first-order valence-corrected chi connectivity index (χ1v) is 8.82. The number of amides is 2. The zero-order chi connectivity index (χ0) is 23.2. The van der Waals surface area contributed by atoms with Gasteiger partial charge in [0, 0.05) is 6.07 Å². The number of hydrogen-bond donors (Lipinski definition) is 2. The van der Waals surface area contributed by atoms with Crippen LogP contribution >= 0.6 is 0 Å². The number of para-hydroxylation sites is 1. The Bertz CT molecular complexity index is 994. The van der Waals surface area contributed by atoms with E-state index in [1.165, 1.54) is 31.4 Å². The number of nitro benzene ring substituents is 1. The number of nitro groups is 1. The molecule has 2 aromatic carbocycles. The molecule has 12 heteroatoms. The normalized spacial score (nSPS) is 10.9. The van der Waals surface area contributed by atoms with Crippen molar-refractivity contribution in [1.29, 1.82) is 0 Å². The molecule has 2 N–H and O–H groups in total. The van der Waals surface area contributed by atoms with Crippen LogP contribution in [0.5, 0.6) is 11.5 Å². The molecule has 2 amide bonds. The molecule has 0 atom stereocenters. The van der Waals surface area contributed by atoms with Crippen molar-refractivity contribution in [3.63, 3.8) is 0 Å². The quantitative estimate of drug-likeness (QED) is 0.478. The van der Waals surface area contributed by atoms with E-state index in [-0.39, 0.29) is 29.4 Å². The van der Waals surface area contributed by atoms with Crippen LogP contribution in [0.2, 0.25) is 0 Å². The van der Waals surface area contributed by atoms with Gasteiger partial charge in [0.25, 0.3) is 17.5 Å². The van der Waals surface area contributed by atoms with E-state index in [0.29, 0.717) is 0 Å². The third kappa shape index (κ3) is 6.07. The molecule has 0 spiro atoms. The van der Waals surface area contributed by atoms with Gasteiger partial charge in [-0.3, -0.25) is 19.7 Å². The Balaban J connectivity index is 2.38. The molecule has 166 valence electrons. The molecule has 2 aromatic rings. The first-order valence-electron chi connectivity index (χ1n) is 8.82. The van der Waals surface area contributed by atoms with Crippen molar-refractivity contribution in [1.82, 2.24) is 5.32 Å². The summed E-state index contributed by atoms with van der Waals surface area (Å²) in [5, 5.41) is 15.5. The topological polar surface area (TPSA) is 120 Å². The lowest BCUT2D eigenvalue weighted by Gasteiger charge is -2.14. The highest BCUT2D eigenvalue weighted by Gasteiger charge is 2.29. The fourth-order valence-corrected chi connectivity index (χ4v) is 2.57. The maximum Gasteiger partial charge on any atom is 0.405 e. The van der Waals surface area contributed by atoms with E-state index in [4.69, 9.17) is 9.47 Å². The molecule has 0 saturated carbocycles. The monoisotopic (exact) mass is 441 g/mol. The van der Waals surface area contributed by atoms with Gasteiger partial charge in [-0.05, 0) is 19.1 Å². The number of anilines is 1. The average Bonchev–Trinajstić information content (AvgIpc) is 2.71. The van der Waals surface area contributed by atoms with E-state index in [9.17, 15) is 32.9 Å². The molecule has 9 nitrogen and oxygen atoms in total. The van der Waals surface area contributed by atoms with Crippen molar-refractivity contribution in [2.24, 2.45) is 0 Å². The van der Waals surface area contributed by atoms with Gasteiger partial charge in [-0.1, -0.05) is 12.1 Å². The zero-order valence-electron chi connectivity index (χ0n) is 16.4. The van der Waals surface area contributed by atoms with Crippen molar-refractivity contribution >= 4 is 23.2 Å². The molecule has 0 unspecified atom stereocenters. The number of alkyl halides is 3. The fraction of sp³-hybridized carbons (Fsp3) is 0.263. The lowest BCUT2D eigenvalue weighted by Crippen LogP contribution is -2.34. The molecule has 2 rings (SSSR count). The van der Waals surface area contributed by atoms with Gasteiger partial charge in [0.05, 0.1) is 36.0 Å². The number of hydrogen-bond acceptors (Lipinski definition) is 6. The minimum absolute atomic E-state index is 0.0557. The maximum absolute atomic E-state index is 12.7. The van der Waals surface area contributed by atoms with Crippen LogP contribution in [-0.2, 0) is 0 Å². The SMILES string of the molecule is CCOc1cc([N+](=O)[O-])c(C(=O)Nc2ccccc2C(=O)NCC(F)(F)F)cc1OC. The summed E-state index contributed by atoms with van der Waals surface area (Å²) in [6, 6.07) is 7.43. The molecule has 0 aliphatic carbocycles. The second-order valence-corrected chi connectivity index (χ2v) is 6.01. The molecule has 0 bridgehead atoms. The van der Waals surface area contributed by atoms with E-state index < -0.39 is 40.7 Å². The molecule has 31 heavy (non-hydrogen) atoms. The van der Waals surface area contributed by atoms with Crippen molar-refractivity contribution in [2.45, 2.75) is 13.1 Å². The van der Waals surface area contributed by atoms with Crippen LogP contribution in [0, 0.1) is 10.1 Å². The number of methoxy groups -OCH3 is 1.